The molecule has 0 radical (unpaired) electrons. The first-order chi connectivity index (χ1) is 9.24. The van der Waals surface area contributed by atoms with Crippen LogP contribution in [0.2, 0.25) is 0 Å². The van der Waals surface area contributed by atoms with Gasteiger partial charge in [-0.2, -0.15) is 0 Å². The van der Waals surface area contributed by atoms with Crippen LogP contribution in [0.15, 0.2) is 36.4 Å². The largest absolute Gasteiger partial charge is 0.439 e. The number of carbonyl (C=O) groups excluding carboxylic acids is 1. The molecule has 19 heavy (non-hydrogen) atoms. The minimum Gasteiger partial charge on any atom is -0.439 e. The Morgan fingerprint density at radius 2 is 1.95 bits per heavy atom. The number of nitrogens with zero attached hydrogens (tertiary/aromatic N) is 1. The third-order valence-corrected chi connectivity index (χ3v) is 3.38. The maximum Gasteiger partial charge on any atom is 0.220 e. The summed E-state index contributed by atoms with van der Waals surface area (Å²) < 4.78 is 5.71. The van der Waals surface area contributed by atoms with E-state index in [2.05, 4.69) is 4.98 Å². The van der Waals surface area contributed by atoms with Crippen LogP contribution >= 0.6 is 0 Å². The van der Waals surface area contributed by atoms with E-state index in [1.54, 1.807) is 0 Å². The van der Waals surface area contributed by atoms with Crippen LogP contribution < -0.4 is 4.74 Å². The molecule has 0 unspecified atom stereocenters. The van der Waals surface area contributed by atoms with Gasteiger partial charge in [-0.3, -0.25) is 4.79 Å². The lowest BCUT2D eigenvalue weighted by Crippen LogP contribution is -2.14. The van der Waals surface area contributed by atoms with Crippen molar-refractivity contribution in [1.29, 1.82) is 0 Å². The minimum absolute atomic E-state index is 0.128. The third-order valence-electron chi connectivity index (χ3n) is 3.38. The number of hydrogen-bond donors (Lipinski definition) is 0. The molecule has 1 aliphatic carbocycles. The summed E-state index contributed by atoms with van der Waals surface area (Å²) in [5.74, 6) is 1.36. The highest BCUT2D eigenvalue weighted by Crippen LogP contribution is 2.28. The van der Waals surface area contributed by atoms with Crippen LogP contribution in [-0.4, -0.2) is 10.8 Å². The predicted octanol–water partition coefficient (Wildman–Crippen LogP) is 3.70. The van der Waals surface area contributed by atoms with Gasteiger partial charge >= 0.3 is 0 Å². The van der Waals surface area contributed by atoms with Crippen molar-refractivity contribution < 1.29 is 9.53 Å². The average Bonchev–Trinajstić information content (AvgIpc) is 2.41. The smallest absolute Gasteiger partial charge is 0.220 e. The van der Waals surface area contributed by atoms with Crippen LogP contribution in [-0.2, 0) is 6.42 Å². The minimum atomic E-state index is 0.128. The maximum atomic E-state index is 11.9. The van der Waals surface area contributed by atoms with Crippen molar-refractivity contribution in [1.82, 2.24) is 4.98 Å². The Kier molecular flexibility index (Phi) is 3.03. The molecule has 3 heteroatoms. The van der Waals surface area contributed by atoms with E-state index in [-0.39, 0.29) is 5.78 Å². The zero-order chi connectivity index (χ0) is 13.2. The summed E-state index contributed by atoms with van der Waals surface area (Å²) in [6.45, 7) is 2.01. The van der Waals surface area contributed by atoms with Gasteiger partial charge < -0.3 is 4.74 Å². The van der Waals surface area contributed by atoms with Crippen LogP contribution in [0.1, 0.15) is 34.5 Å². The quantitative estimate of drug-likeness (QED) is 0.819. The zero-order valence-corrected chi connectivity index (χ0v) is 10.8. The lowest BCUT2D eigenvalue weighted by atomic mass is 9.92. The van der Waals surface area contributed by atoms with E-state index in [4.69, 9.17) is 4.74 Å². The Morgan fingerprint density at radius 1 is 1.16 bits per heavy atom. The highest BCUT2D eigenvalue weighted by molar-refractivity contribution is 5.97. The van der Waals surface area contributed by atoms with Crippen molar-refractivity contribution in [2.45, 2.75) is 26.2 Å². The van der Waals surface area contributed by atoms with E-state index in [1.165, 1.54) is 0 Å². The maximum absolute atomic E-state index is 11.9. The van der Waals surface area contributed by atoms with Crippen molar-refractivity contribution in [2.75, 3.05) is 0 Å². The van der Waals surface area contributed by atoms with Gasteiger partial charge in [0.05, 0.1) is 0 Å². The molecule has 0 fully saturated rings. The summed E-state index contributed by atoms with van der Waals surface area (Å²) in [7, 11) is 0. The molecule has 3 nitrogen and oxygen atoms in total. The fraction of sp³-hybridized carbons (Fsp3) is 0.250. The number of Topliss-reactive ketones (excluding diaryl/α,β-unsaturated/α-hetero) is 1. The van der Waals surface area contributed by atoms with E-state index in [0.717, 1.165) is 29.7 Å². The van der Waals surface area contributed by atoms with Crippen molar-refractivity contribution >= 4 is 5.78 Å². The highest BCUT2D eigenvalue weighted by Gasteiger charge is 2.21. The van der Waals surface area contributed by atoms with Gasteiger partial charge in [0.15, 0.2) is 5.78 Å². The normalized spacial score (nSPS) is 14.1. The molecule has 1 aliphatic rings. The fourth-order valence-electron chi connectivity index (χ4n) is 2.42. The molecule has 1 aromatic heterocycles. The lowest BCUT2D eigenvalue weighted by Gasteiger charge is -2.17. The van der Waals surface area contributed by atoms with Crippen LogP contribution in [0.4, 0.5) is 0 Å². The summed E-state index contributed by atoms with van der Waals surface area (Å²) in [6.07, 6.45) is 2.45. The number of para-hydroxylation sites is 1. The van der Waals surface area contributed by atoms with E-state index in [0.29, 0.717) is 18.0 Å². The molecule has 0 atom stereocenters. The number of ketones is 1. The predicted molar refractivity (Wildman–Crippen MR) is 72.8 cm³/mol. The van der Waals surface area contributed by atoms with Gasteiger partial charge in [-0.15, -0.1) is 0 Å². The summed E-state index contributed by atoms with van der Waals surface area (Å²) in [5.41, 5.74) is 2.76. The standard InChI is InChI=1S/C16H15NO2/c1-11-10-15(19-12-6-3-2-4-7-12)17-16-13(11)8-5-9-14(16)18/h2-4,6-7,10H,5,8-9H2,1H3. The number of pyridine rings is 1. The van der Waals surface area contributed by atoms with Gasteiger partial charge in [0.1, 0.15) is 11.4 Å². The van der Waals surface area contributed by atoms with Gasteiger partial charge in [-0.05, 0) is 43.0 Å². The summed E-state index contributed by atoms with van der Waals surface area (Å²) in [4.78, 5) is 16.3. The number of rotatable bonds is 2. The van der Waals surface area contributed by atoms with Crippen molar-refractivity contribution in [3.8, 4) is 11.6 Å². The number of aryl methyl sites for hydroxylation is 1. The number of carbonyl (C=O) groups is 1. The van der Waals surface area contributed by atoms with Gasteiger partial charge in [0, 0.05) is 12.5 Å². The molecule has 0 amide bonds. The Labute approximate surface area is 112 Å². The number of aromatic nitrogens is 1. The van der Waals surface area contributed by atoms with Crippen LogP contribution in [0.25, 0.3) is 0 Å². The number of benzene rings is 1. The van der Waals surface area contributed by atoms with Crippen molar-refractivity contribution in [3.63, 3.8) is 0 Å². The Bertz CT molecular complexity index is 620. The number of fused-ring (bicyclic) bond motifs is 1. The van der Waals surface area contributed by atoms with Crippen molar-refractivity contribution in [2.24, 2.45) is 0 Å². The molecule has 2 aromatic rings. The number of ether oxygens (including phenoxy) is 1. The van der Waals surface area contributed by atoms with E-state index in [9.17, 15) is 4.79 Å². The molecule has 96 valence electrons. The molecular weight excluding hydrogens is 238 g/mol. The second-order valence-electron chi connectivity index (χ2n) is 4.80. The molecule has 0 N–H and O–H groups in total. The summed E-state index contributed by atoms with van der Waals surface area (Å²) >= 11 is 0. The van der Waals surface area contributed by atoms with Gasteiger partial charge in [-0.1, -0.05) is 18.2 Å². The first kappa shape index (κ1) is 11.9. The van der Waals surface area contributed by atoms with E-state index < -0.39 is 0 Å². The molecule has 0 bridgehead atoms. The lowest BCUT2D eigenvalue weighted by molar-refractivity contribution is 0.0966. The fourth-order valence-corrected chi connectivity index (χ4v) is 2.42. The molecule has 3 rings (SSSR count). The number of hydrogen-bond acceptors (Lipinski definition) is 3. The molecule has 0 spiro atoms. The zero-order valence-electron chi connectivity index (χ0n) is 10.8. The van der Waals surface area contributed by atoms with Crippen molar-refractivity contribution in [3.05, 3.63) is 53.2 Å². The first-order valence-corrected chi connectivity index (χ1v) is 6.50. The summed E-state index contributed by atoms with van der Waals surface area (Å²) in [6, 6.07) is 11.4. The first-order valence-electron chi connectivity index (χ1n) is 6.50. The second kappa shape index (κ2) is 4.84. The Balaban J connectivity index is 1.98. The molecule has 0 aliphatic heterocycles. The topological polar surface area (TPSA) is 39.2 Å². The van der Waals surface area contributed by atoms with Crippen LogP contribution in [0.3, 0.4) is 0 Å². The Hall–Kier alpha value is -2.16. The van der Waals surface area contributed by atoms with Crippen LogP contribution in [0.5, 0.6) is 11.6 Å². The third kappa shape index (κ3) is 2.36. The molecule has 0 saturated carbocycles. The monoisotopic (exact) mass is 253 g/mol. The molecular formula is C16H15NO2. The van der Waals surface area contributed by atoms with E-state index in [1.807, 2.05) is 43.3 Å². The Morgan fingerprint density at radius 3 is 2.74 bits per heavy atom. The SMILES string of the molecule is Cc1cc(Oc2ccccc2)nc2c1CCCC2=O. The molecule has 1 aromatic carbocycles. The highest BCUT2D eigenvalue weighted by atomic mass is 16.5. The van der Waals surface area contributed by atoms with Gasteiger partial charge in [0.25, 0.3) is 0 Å². The average molecular weight is 253 g/mol. The molecule has 1 heterocycles. The molecule has 0 saturated heterocycles. The van der Waals surface area contributed by atoms with Crippen LogP contribution in [0, 0.1) is 6.92 Å². The summed E-state index contributed by atoms with van der Waals surface area (Å²) in [5, 5.41) is 0. The second-order valence-corrected chi connectivity index (χ2v) is 4.80. The van der Waals surface area contributed by atoms with E-state index >= 15 is 0 Å². The van der Waals surface area contributed by atoms with Gasteiger partial charge in [0.2, 0.25) is 5.88 Å². The van der Waals surface area contributed by atoms with Gasteiger partial charge in [-0.25, -0.2) is 4.98 Å².